The normalized spacial score (nSPS) is 14.8. The molecule has 1 aromatic carbocycles. The Bertz CT molecular complexity index is 731. The van der Waals surface area contributed by atoms with Crippen LogP contribution in [0.4, 0.5) is 10.5 Å². The molecule has 2 amide bonds. The summed E-state index contributed by atoms with van der Waals surface area (Å²) in [6, 6.07) is 10.9. The molecule has 0 spiro atoms. The highest BCUT2D eigenvalue weighted by molar-refractivity contribution is 6.32. The van der Waals surface area contributed by atoms with Crippen LogP contribution in [-0.4, -0.2) is 42.7 Å². The van der Waals surface area contributed by atoms with Gasteiger partial charge < -0.3 is 19.7 Å². The van der Waals surface area contributed by atoms with Crippen molar-refractivity contribution in [3.63, 3.8) is 0 Å². The molecule has 1 aliphatic rings. The Hall–Kier alpha value is -2.47. The van der Waals surface area contributed by atoms with Crippen LogP contribution in [-0.2, 0) is 0 Å². The smallest absolute Gasteiger partial charge is 0.321 e. The monoisotopic (exact) mass is 375 g/mol. The van der Waals surface area contributed by atoms with Crippen LogP contribution < -0.4 is 14.8 Å². The molecule has 2 heterocycles. The number of pyridine rings is 1. The number of likely N-dealkylation sites (tertiary alicyclic amines) is 1. The number of carbonyl (C=O) groups excluding carboxylic acids is 1. The SMILES string of the molecule is COc1ccc(OCC2CCN(C(=O)Nc3cccnc3Cl)CC2)cc1. The molecule has 1 N–H and O–H groups in total. The number of ether oxygens (including phenoxy) is 2. The van der Waals surface area contributed by atoms with Crippen LogP contribution >= 0.6 is 11.6 Å². The van der Waals surface area contributed by atoms with Gasteiger partial charge >= 0.3 is 6.03 Å². The lowest BCUT2D eigenvalue weighted by Crippen LogP contribution is -2.42. The molecule has 0 radical (unpaired) electrons. The van der Waals surface area contributed by atoms with Gasteiger partial charge in [0, 0.05) is 19.3 Å². The van der Waals surface area contributed by atoms with Crippen LogP contribution in [0.15, 0.2) is 42.6 Å². The predicted molar refractivity (Wildman–Crippen MR) is 101 cm³/mol. The van der Waals surface area contributed by atoms with E-state index in [0.717, 1.165) is 24.3 Å². The van der Waals surface area contributed by atoms with E-state index >= 15 is 0 Å². The van der Waals surface area contributed by atoms with Gasteiger partial charge in [0.2, 0.25) is 0 Å². The van der Waals surface area contributed by atoms with Crippen molar-refractivity contribution in [2.75, 3.05) is 32.1 Å². The van der Waals surface area contributed by atoms with Crippen molar-refractivity contribution in [2.24, 2.45) is 5.92 Å². The number of aromatic nitrogens is 1. The molecule has 26 heavy (non-hydrogen) atoms. The van der Waals surface area contributed by atoms with Gasteiger partial charge in [-0.05, 0) is 55.2 Å². The first-order valence-corrected chi connectivity index (χ1v) is 8.97. The molecular formula is C19H22ClN3O3. The minimum Gasteiger partial charge on any atom is -0.497 e. The predicted octanol–water partition coefficient (Wildman–Crippen LogP) is 4.07. The summed E-state index contributed by atoms with van der Waals surface area (Å²) in [7, 11) is 1.64. The largest absolute Gasteiger partial charge is 0.497 e. The first-order valence-electron chi connectivity index (χ1n) is 8.59. The molecule has 2 aromatic rings. The number of nitrogens with one attached hydrogen (secondary N) is 1. The third kappa shape index (κ3) is 4.79. The summed E-state index contributed by atoms with van der Waals surface area (Å²) in [6.45, 7) is 2.04. The Morgan fingerprint density at radius 3 is 2.58 bits per heavy atom. The second-order valence-corrected chi connectivity index (χ2v) is 6.55. The summed E-state index contributed by atoms with van der Waals surface area (Å²) >= 11 is 5.98. The molecule has 0 bridgehead atoms. The summed E-state index contributed by atoms with van der Waals surface area (Å²) in [5.41, 5.74) is 0.532. The van der Waals surface area contributed by atoms with E-state index < -0.39 is 0 Å². The first kappa shape index (κ1) is 18.3. The van der Waals surface area contributed by atoms with Crippen LogP contribution in [0.3, 0.4) is 0 Å². The number of amides is 2. The standard InChI is InChI=1S/C19H22ClN3O3/c1-25-15-4-6-16(7-5-15)26-13-14-8-11-23(12-9-14)19(24)22-17-3-2-10-21-18(17)20/h2-7,10,14H,8-9,11-13H2,1H3,(H,22,24). The maximum atomic E-state index is 12.4. The van der Waals surface area contributed by atoms with E-state index in [9.17, 15) is 4.79 Å². The molecule has 3 rings (SSSR count). The quantitative estimate of drug-likeness (QED) is 0.800. The number of urea groups is 1. The highest BCUT2D eigenvalue weighted by atomic mass is 35.5. The molecule has 0 atom stereocenters. The maximum absolute atomic E-state index is 12.4. The number of methoxy groups -OCH3 is 1. The molecule has 1 saturated heterocycles. The van der Waals surface area contributed by atoms with Crippen molar-refractivity contribution in [2.45, 2.75) is 12.8 Å². The lowest BCUT2D eigenvalue weighted by Gasteiger charge is -2.32. The van der Waals surface area contributed by atoms with Crippen LogP contribution in [0, 0.1) is 5.92 Å². The van der Waals surface area contributed by atoms with Gasteiger partial charge in [0.15, 0.2) is 5.15 Å². The fraction of sp³-hybridized carbons (Fsp3) is 0.368. The Labute approximate surface area is 158 Å². The third-order valence-corrected chi connectivity index (χ3v) is 4.75. The van der Waals surface area contributed by atoms with Crippen molar-refractivity contribution >= 4 is 23.3 Å². The molecule has 1 aromatic heterocycles. The van der Waals surface area contributed by atoms with Crippen LogP contribution in [0.2, 0.25) is 5.15 Å². The molecule has 138 valence electrons. The van der Waals surface area contributed by atoms with Crippen LogP contribution in [0.5, 0.6) is 11.5 Å². The number of carbonyl (C=O) groups is 1. The van der Waals surface area contributed by atoms with Crippen molar-refractivity contribution in [1.29, 1.82) is 0 Å². The maximum Gasteiger partial charge on any atom is 0.321 e. The zero-order valence-corrected chi connectivity index (χ0v) is 15.4. The van der Waals surface area contributed by atoms with Gasteiger partial charge in [-0.15, -0.1) is 0 Å². The number of nitrogens with zero attached hydrogens (tertiary/aromatic N) is 2. The average Bonchev–Trinajstić information content (AvgIpc) is 2.69. The number of piperidine rings is 1. The van der Waals surface area contributed by atoms with Crippen molar-refractivity contribution < 1.29 is 14.3 Å². The fourth-order valence-electron chi connectivity index (χ4n) is 2.86. The van der Waals surface area contributed by atoms with Crippen molar-refractivity contribution in [3.8, 4) is 11.5 Å². The molecule has 1 aliphatic heterocycles. The van der Waals surface area contributed by atoms with Gasteiger partial charge in [-0.25, -0.2) is 9.78 Å². The lowest BCUT2D eigenvalue weighted by molar-refractivity contribution is 0.152. The summed E-state index contributed by atoms with van der Waals surface area (Å²) in [5, 5.41) is 3.11. The number of anilines is 1. The van der Waals surface area contributed by atoms with Crippen molar-refractivity contribution in [1.82, 2.24) is 9.88 Å². The highest BCUT2D eigenvalue weighted by Crippen LogP contribution is 2.23. The number of rotatable bonds is 5. The highest BCUT2D eigenvalue weighted by Gasteiger charge is 2.23. The van der Waals surface area contributed by atoms with E-state index in [-0.39, 0.29) is 6.03 Å². The second-order valence-electron chi connectivity index (χ2n) is 6.19. The van der Waals surface area contributed by atoms with E-state index in [2.05, 4.69) is 10.3 Å². The fourth-order valence-corrected chi connectivity index (χ4v) is 3.03. The number of hydrogen-bond acceptors (Lipinski definition) is 4. The number of halogens is 1. The molecule has 7 heteroatoms. The summed E-state index contributed by atoms with van der Waals surface area (Å²) in [6.07, 6.45) is 3.40. The molecule has 0 unspecified atom stereocenters. The van der Waals surface area contributed by atoms with Gasteiger partial charge in [0.25, 0.3) is 0 Å². The van der Waals surface area contributed by atoms with Gasteiger partial charge in [-0.1, -0.05) is 11.6 Å². The van der Waals surface area contributed by atoms with E-state index in [1.807, 2.05) is 24.3 Å². The zero-order valence-electron chi connectivity index (χ0n) is 14.7. The minimum atomic E-state index is -0.144. The van der Waals surface area contributed by atoms with Crippen molar-refractivity contribution in [3.05, 3.63) is 47.7 Å². The Kier molecular flexibility index (Phi) is 6.17. The molecule has 1 fully saturated rings. The summed E-state index contributed by atoms with van der Waals surface area (Å²) < 4.78 is 11.0. The lowest BCUT2D eigenvalue weighted by atomic mass is 9.98. The Morgan fingerprint density at radius 1 is 1.23 bits per heavy atom. The second kappa shape index (κ2) is 8.76. The van der Waals surface area contributed by atoms with E-state index in [0.29, 0.717) is 36.5 Å². The van der Waals surface area contributed by atoms with Crippen LogP contribution in [0.25, 0.3) is 0 Å². The summed E-state index contributed by atoms with van der Waals surface area (Å²) in [5.74, 6) is 2.07. The van der Waals surface area contributed by atoms with Gasteiger partial charge in [0.05, 0.1) is 19.4 Å². The number of benzene rings is 1. The van der Waals surface area contributed by atoms with E-state index in [1.54, 1.807) is 30.3 Å². The average molecular weight is 376 g/mol. The third-order valence-electron chi connectivity index (χ3n) is 4.45. The van der Waals surface area contributed by atoms with E-state index in [4.69, 9.17) is 21.1 Å². The van der Waals surface area contributed by atoms with E-state index in [1.165, 1.54) is 0 Å². The van der Waals surface area contributed by atoms with Gasteiger partial charge in [-0.2, -0.15) is 0 Å². The Balaban J connectivity index is 1.43. The van der Waals surface area contributed by atoms with Crippen LogP contribution in [0.1, 0.15) is 12.8 Å². The first-order chi connectivity index (χ1) is 12.7. The molecule has 6 nitrogen and oxygen atoms in total. The molecular weight excluding hydrogens is 354 g/mol. The summed E-state index contributed by atoms with van der Waals surface area (Å²) in [4.78, 5) is 18.1. The van der Waals surface area contributed by atoms with Gasteiger partial charge in [-0.3, -0.25) is 0 Å². The number of hydrogen-bond donors (Lipinski definition) is 1. The van der Waals surface area contributed by atoms with Gasteiger partial charge in [0.1, 0.15) is 11.5 Å². The minimum absolute atomic E-state index is 0.144. The molecule has 0 saturated carbocycles. The molecule has 0 aliphatic carbocycles. The topological polar surface area (TPSA) is 63.7 Å². The zero-order chi connectivity index (χ0) is 18.4. The Morgan fingerprint density at radius 2 is 1.92 bits per heavy atom.